The van der Waals surface area contributed by atoms with Crippen molar-refractivity contribution in [1.82, 2.24) is 9.97 Å². The Labute approximate surface area is 93.3 Å². The molecule has 5 heteroatoms. The highest BCUT2D eigenvalue weighted by molar-refractivity contribution is 6.28. The van der Waals surface area contributed by atoms with Crippen LogP contribution in [0.4, 0.5) is 5.82 Å². The van der Waals surface area contributed by atoms with E-state index in [9.17, 15) is 4.79 Å². The molecule has 2 heterocycles. The largest absolute Gasteiger partial charge is 0.356 e. The van der Waals surface area contributed by atoms with Crippen molar-refractivity contribution in [1.29, 1.82) is 0 Å². The maximum absolute atomic E-state index is 10.6. The zero-order chi connectivity index (χ0) is 10.7. The molecular weight excluding hydrogens is 214 g/mol. The highest BCUT2D eigenvalue weighted by atomic mass is 35.5. The molecule has 1 saturated heterocycles. The van der Waals surface area contributed by atoms with Crippen LogP contribution in [-0.4, -0.2) is 29.3 Å². The number of halogens is 1. The first-order valence-electron chi connectivity index (χ1n) is 4.98. The molecule has 2 rings (SSSR count). The molecule has 0 atom stereocenters. The Morgan fingerprint density at radius 1 is 1.47 bits per heavy atom. The Morgan fingerprint density at radius 3 is 2.80 bits per heavy atom. The summed E-state index contributed by atoms with van der Waals surface area (Å²) in [5.74, 6) is 1.05. The van der Waals surface area contributed by atoms with Gasteiger partial charge in [-0.25, -0.2) is 9.97 Å². The highest BCUT2D eigenvalue weighted by Crippen LogP contribution is 2.20. The number of carbonyl (C=O) groups excluding carboxylic acids is 1. The second kappa shape index (κ2) is 4.57. The zero-order valence-corrected chi connectivity index (χ0v) is 9.02. The number of anilines is 1. The van der Waals surface area contributed by atoms with Crippen LogP contribution < -0.4 is 4.90 Å². The van der Waals surface area contributed by atoms with E-state index in [-0.39, 0.29) is 11.2 Å². The number of rotatable bonds is 2. The van der Waals surface area contributed by atoms with Gasteiger partial charge in [0.1, 0.15) is 12.1 Å². The van der Waals surface area contributed by atoms with Gasteiger partial charge in [0, 0.05) is 25.2 Å². The third-order valence-electron chi connectivity index (χ3n) is 2.67. The summed E-state index contributed by atoms with van der Waals surface area (Å²) in [6, 6.07) is 1.84. The average Bonchev–Trinajstić information content (AvgIpc) is 2.29. The molecule has 1 aliphatic heterocycles. The minimum absolute atomic E-state index is 0.207. The van der Waals surface area contributed by atoms with Gasteiger partial charge in [0.05, 0.1) is 0 Å². The van der Waals surface area contributed by atoms with E-state index in [0.717, 1.165) is 38.0 Å². The lowest BCUT2D eigenvalue weighted by atomic mass is 9.99. The lowest BCUT2D eigenvalue weighted by molar-refractivity contribution is -0.111. The molecule has 15 heavy (non-hydrogen) atoms. The van der Waals surface area contributed by atoms with Gasteiger partial charge in [0.25, 0.3) is 0 Å². The molecule has 1 fully saturated rings. The van der Waals surface area contributed by atoms with Crippen molar-refractivity contribution in [3.63, 3.8) is 0 Å². The second-order valence-corrected chi connectivity index (χ2v) is 3.98. The van der Waals surface area contributed by atoms with E-state index in [0.29, 0.717) is 0 Å². The lowest BCUT2D eigenvalue weighted by Crippen LogP contribution is -2.34. The Morgan fingerprint density at radius 2 is 2.20 bits per heavy atom. The van der Waals surface area contributed by atoms with Gasteiger partial charge < -0.3 is 9.69 Å². The van der Waals surface area contributed by atoms with Crippen LogP contribution in [0.1, 0.15) is 12.8 Å². The van der Waals surface area contributed by atoms with Gasteiger partial charge in [0.2, 0.25) is 5.28 Å². The highest BCUT2D eigenvalue weighted by Gasteiger charge is 2.19. The minimum atomic E-state index is 0.207. The van der Waals surface area contributed by atoms with Crippen LogP contribution >= 0.6 is 11.6 Å². The number of aromatic nitrogens is 2. The number of aldehydes is 1. The van der Waals surface area contributed by atoms with Crippen molar-refractivity contribution in [2.75, 3.05) is 18.0 Å². The first kappa shape index (κ1) is 10.4. The van der Waals surface area contributed by atoms with Crippen LogP contribution in [0.3, 0.4) is 0 Å². The van der Waals surface area contributed by atoms with Gasteiger partial charge in [-0.05, 0) is 30.5 Å². The molecule has 0 amide bonds. The third kappa shape index (κ3) is 2.45. The predicted molar refractivity (Wildman–Crippen MR) is 58.0 cm³/mol. The second-order valence-electron chi connectivity index (χ2n) is 3.64. The van der Waals surface area contributed by atoms with E-state index >= 15 is 0 Å². The summed E-state index contributed by atoms with van der Waals surface area (Å²) in [7, 11) is 0. The van der Waals surface area contributed by atoms with Crippen molar-refractivity contribution in [3.05, 3.63) is 17.5 Å². The molecule has 80 valence electrons. The van der Waals surface area contributed by atoms with E-state index in [1.54, 1.807) is 6.20 Å². The topological polar surface area (TPSA) is 46.1 Å². The average molecular weight is 226 g/mol. The quantitative estimate of drug-likeness (QED) is 0.566. The molecule has 0 aliphatic carbocycles. The summed E-state index contributed by atoms with van der Waals surface area (Å²) in [6.07, 6.45) is 4.48. The van der Waals surface area contributed by atoms with E-state index < -0.39 is 0 Å². The predicted octanol–water partition coefficient (Wildman–Crippen LogP) is 1.55. The van der Waals surface area contributed by atoms with Crippen LogP contribution in [0, 0.1) is 5.92 Å². The van der Waals surface area contributed by atoms with Crippen LogP contribution in [0.2, 0.25) is 5.28 Å². The molecule has 0 radical (unpaired) electrons. The molecule has 1 aliphatic rings. The molecular formula is C10H12ClN3O. The van der Waals surface area contributed by atoms with Gasteiger partial charge in [-0.2, -0.15) is 0 Å². The van der Waals surface area contributed by atoms with Crippen LogP contribution in [0.25, 0.3) is 0 Å². The van der Waals surface area contributed by atoms with Gasteiger partial charge in [-0.15, -0.1) is 0 Å². The van der Waals surface area contributed by atoms with Crippen molar-refractivity contribution in [2.24, 2.45) is 5.92 Å². The van der Waals surface area contributed by atoms with Gasteiger partial charge in [-0.1, -0.05) is 0 Å². The SMILES string of the molecule is O=CC1CCN(c2ccnc(Cl)n2)CC1. The van der Waals surface area contributed by atoms with Crippen LogP contribution in [0.15, 0.2) is 12.3 Å². The molecule has 0 aromatic carbocycles. The number of hydrogen-bond acceptors (Lipinski definition) is 4. The normalized spacial score (nSPS) is 17.8. The summed E-state index contributed by atoms with van der Waals surface area (Å²) in [4.78, 5) is 20.7. The summed E-state index contributed by atoms with van der Waals surface area (Å²) >= 11 is 5.71. The number of nitrogens with zero attached hydrogens (tertiary/aromatic N) is 3. The number of carbonyl (C=O) groups is 1. The summed E-state index contributed by atoms with van der Waals surface area (Å²) in [5, 5.41) is 0.269. The van der Waals surface area contributed by atoms with E-state index in [1.165, 1.54) is 0 Å². The van der Waals surface area contributed by atoms with Gasteiger partial charge in [0.15, 0.2) is 0 Å². The Kier molecular flexibility index (Phi) is 3.16. The first-order valence-corrected chi connectivity index (χ1v) is 5.36. The smallest absolute Gasteiger partial charge is 0.224 e. The van der Waals surface area contributed by atoms with Gasteiger partial charge in [-0.3, -0.25) is 0 Å². The zero-order valence-electron chi connectivity index (χ0n) is 8.27. The molecule has 0 bridgehead atoms. The minimum Gasteiger partial charge on any atom is -0.356 e. The molecule has 4 nitrogen and oxygen atoms in total. The number of hydrogen-bond donors (Lipinski definition) is 0. The molecule has 0 spiro atoms. The lowest BCUT2D eigenvalue weighted by Gasteiger charge is -2.30. The molecule has 0 saturated carbocycles. The molecule has 1 aromatic heterocycles. The van der Waals surface area contributed by atoms with Crippen molar-refractivity contribution >= 4 is 23.7 Å². The summed E-state index contributed by atoms with van der Waals surface area (Å²) < 4.78 is 0. The van der Waals surface area contributed by atoms with Crippen LogP contribution in [0.5, 0.6) is 0 Å². The Balaban J connectivity index is 2.04. The Hall–Kier alpha value is -1.16. The maximum Gasteiger partial charge on any atom is 0.224 e. The van der Waals surface area contributed by atoms with Crippen LogP contribution in [-0.2, 0) is 4.79 Å². The van der Waals surface area contributed by atoms with Crippen molar-refractivity contribution in [2.45, 2.75) is 12.8 Å². The third-order valence-corrected chi connectivity index (χ3v) is 2.85. The van der Waals surface area contributed by atoms with E-state index in [4.69, 9.17) is 11.6 Å². The fourth-order valence-electron chi connectivity index (χ4n) is 1.77. The number of piperidine rings is 1. The monoisotopic (exact) mass is 225 g/mol. The van der Waals surface area contributed by atoms with E-state index in [2.05, 4.69) is 14.9 Å². The fraction of sp³-hybridized carbons (Fsp3) is 0.500. The fourth-order valence-corrected chi connectivity index (χ4v) is 1.91. The van der Waals surface area contributed by atoms with Gasteiger partial charge >= 0.3 is 0 Å². The summed E-state index contributed by atoms with van der Waals surface area (Å²) in [6.45, 7) is 1.72. The molecule has 0 unspecified atom stereocenters. The van der Waals surface area contributed by atoms with E-state index in [1.807, 2.05) is 6.07 Å². The molecule has 1 aromatic rings. The van der Waals surface area contributed by atoms with Crippen molar-refractivity contribution in [3.8, 4) is 0 Å². The summed E-state index contributed by atoms with van der Waals surface area (Å²) in [5.41, 5.74) is 0. The maximum atomic E-state index is 10.6. The Bertz CT molecular complexity index is 350. The van der Waals surface area contributed by atoms with Crippen molar-refractivity contribution < 1.29 is 4.79 Å². The standard InChI is InChI=1S/C10H12ClN3O/c11-10-12-4-1-9(13-10)14-5-2-8(7-15)3-6-14/h1,4,7-8H,2-3,5-6H2. The molecule has 0 N–H and O–H groups in total. The first-order chi connectivity index (χ1) is 7.29.